The van der Waals surface area contributed by atoms with Crippen LogP contribution in [0.4, 0.5) is 0 Å². The number of esters is 1. The lowest BCUT2D eigenvalue weighted by Gasteiger charge is -2.03. The molecule has 0 aromatic heterocycles. The zero-order valence-electron chi connectivity index (χ0n) is 10.3. The van der Waals surface area contributed by atoms with Crippen molar-refractivity contribution >= 4 is 5.97 Å². The highest BCUT2D eigenvalue weighted by Crippen LogP contribution is 2.49. The van der Waals surface area contributed by atoms with Crippen LogP contribution in [0, 0.1) is 5.92 Å². The fourth-order valence-corrected chi connectivity index (χ4v) is 2.17. The van der Waals surface area contributed by atoms with Gasteiger partial charge in [-0.15, -0.1) is 0 Å². The molecule has 0 spiro atoms. The van der Waals surface area contributed by atoms with Gasteiger partial charge in [0.05, 0.1) is 13.7 Å². The summed E-state index contributed by atoms with van der Waals surface area (Å²) in [6.45, 7) is 2.31. The van der Waals surface area contributed by atoms with Gasteiger partial charge in [0.25, 0.3) is 0 Å². The second-order valence-corrected chi connectivity index (χ2v) is 4.38. The SMILES string of the molecule is CCOC(=O)CC1CC1c1ccc(OC)cc1. The van der Waals surface area contributed by atoms with Gasteiger partial charge in [-0.05, 0) is 42.9 Å². The molecule has 1 aliphatic rings. The Kier molecular flexibility index (Phi) is 3.67. The first-order valence-corrected chi connectivity index (χ1v) is 6.04. The van der Waals surface area contributed by atoms with Crippen molar-refractivity contribution in [2.24, 2.45) is 5.92 Å². The van der Waals surface area contributed by atoms with E-state index in [2.05, 4.69) is 12.1 Å². The zero-order valence-corrected chi connectivity index (χ0v) is 10.3. The lowest BCUT2D eigenvalue weighted by molar-refractivity contribution is -0.143. The predicted octanol–water partition coefficient (Wildman–Crippen LogP) is 2.75. The first-order chi connectivity index (χ1) is 8.24. The molecule has 2 atom stereocenters. The lowest BCUT2D eigenvalue weighted by Crippen LogP contribution is -2.04. The Labute approximate surface area is 102 Å². The molecule has 0 saturated heterocycles. The molecule has 0 bridgehead atoms. The molecule has 1 aromatic carbocycles. The summed E-state index contributed by atoms with van der Waals surface area (Å²) in [6.07, 6.45) is 1.63. The summed E-state index contributed by atoms with van der Waals surface area (Å²) in [5.41, 5.74) is 1.29. The number of hydrogen-bond acceptors (Lipinski definition) is 3. The Morgan fingerprint density at radius 3 is 2.65 bits per heavy atom. The van der Waals surface area contributed by atoms with Gasteiger partial charge in [0, 0.05) is 6.42 Å². The Balaban J connectivity index is 1.87. The van der Waals surface area contributed by atoms with Crippen molar-refractivity contribution in [1.82, 2.24) is 0 Å². The largest absolute Gasteiger partial charge is 0.497 e. The van der Waals surface area contributed by atoms with Gasteiger partial charge in [-0.25, -0.2) is 0 Å². The van der Waals surface area contributed by atoms with Crippen molar-refractivity contribution in [1.29, 1.82) is 0 Å². The average Bonchev–Trinajstić information content (AvgIpc) is 3.09. The number of hydrogen-bond donors (Lipinski definition) is 0. The summed E-state index contributed by atoms with van der Waals surface area (Å²) in [5.74, 6) is 1.78. The number of carbonyl (C=O) groups is 1. The van der Waals surface area contributed by atoms with Gasteiger partial charge in [0.15, 0.2) is 0 Å². The number of rotatable bonds is 5. The van der Waals surface area contributed by atoms with Gasteiger partial charge < -0.3 is 9.47 Å². The van der Waals surface area contributed by atoms with E-state index in [1.54, 1.807) is 7.11 Å². The van der Waals surface area contributed by atoms with Gasteiger partial charge in [-0.3, -0.25) is 4.79 Å². The molecule has 1 aliphatic carbocycles. The van der Waals surface area contributed by atoms with E-state index in [9.17, 15) is 4.79 Å². The number of carbonyl (C=O) groups excluding carboxylic acids is 1. The number of methoxy groups -OCH3 is 1. The second-order valence-electron chi connectivity index (χ2n) is 4.38. The molecule has 1 saturated carbocycles. The molecule has 92 valence electrons. The minimum absolute atomic E-state index is 0.0755. The van der Waals surface area contributed by atoms with Gasteiger partial charge in [-0.2, -0.15) is 0 Å². The third kappa shape index (κ3) is 2.99. The molecule has 0 N–H and O–H groups in total. The average molecular weight is 234 g/mol. The van der Waals surface area contributed by atoms with Crippen molar-refractivity contribution in [3.05, 3.63) is 29.8 Å². The van der Waals surface area contributed by atoms with Crippen LogP contribution in [0.3, 0.4) is 0 Å². The summed E-state index contributed by atoms with van der Waals surface area (Å²) in [4.78, 5) is 11.3. The fourth-order valence-electron chi connectivity index (χ4n) is 2.17. The van der Waals surface area contributed by atoms with Crippen LogP contribution in [0.1, 0.15) is 31.2 Å². The van der Waals surface area contributed by atoms with Crippen LogP contribution >= 0.6 is 0 Å². The molecular weight excluding hydrogens is 216 g/mol. The number of benzene rings is 1. The van der Waals surface area contributed by atoms with E-state index < -0.39 is 0 Å². The van der Waals surface area contributed by atoms with Crippen LogP contribution in [0.2, 0.25) is 0 Å². The maximum Gasteiger partial charge on any atom is 0.306 e. The zero-order chi connectivity index (χ0) is 12.3. The van der Waals surface area contributed by atoms with E-state index in [1.807, 2.05) is 19.1 Å². The minimum Gasteiger partial charge on any atom is -0.497 e. The Bertz CT molecular complexity index is 383. The lowest BCUT2D eigenvalue weighted by atomic mass is 10.1. The predicted molar refractivity (Wildman–Crippen MR) is 65.1 cm³/mol. The summed E-state index contributed by atoms with van der Waals surface area (Å²) in [6, 6.07) is 8.09. The van der Waals surface area contributed by atoms with Crippen molar-refractivity contribution in [2.45, 2.75) is 25.7 Å². The first kappa shape index (κ1) is 12.0. The molecule has 0 amide bonds. The topological polar surface area (TPSA) is 35.5 Å². The van der Waals surface area contributed by atoms with E-state index in [0.717, 1.165) is 12.2 Å². The standard InChI is InChI=1S/C14H18O3/c1-3-17-14(15)9-11-8-13(11)10-4-6-12(16-2)7-5-10/h4-7,11,13H,3,8-9H2,1-2H3. The highest BCUT2D eigenvalue weighted by atomic mass is 16.5. The summed E-state index contributed by atoms with van der Waals surface area (Å²) in [5, 5.41) is 0. The molecule has 2 unspecified atom stereocenters. The van der Waals surface area contributed by atoms with Crippen LogP contribution in [0.25, 0.3) is 0 Å². The van der Waals surface area contributed by atoms with E-state index in [0.29, 0.717) is 24.9 Å². The maximum atomic E-state index is 11.3. The van der Waals surface area contributed by atoms with Gasteiger partial charge in [0.2, 0.25) is 0 Å². The van der Waals surface area contributed by atoms with Crippen LogP contribution < -0.4 is 4.74 Å². The first-order valence-electron chi connectivity index (χ1n) is 6.04. The molecule has 3 nitrogen and oxygen atoms in total. The molecule has 17 heavy (non-hydrogen) atoms. The van der Waals surface area contributed by atoms with Crippen molar-refractivity contribution in [3.8, 4) is 5.75 Å². The second kappa shape index (κ2) is 5.21. The Morgan fingerprint density at radius 2 is 2.06 bits per heavy atom. The van der Waals surface area contributed by atoms with Crippen LogP contribution in [-0.4, -0.2) is 19.7 Å². The van der Waals surface area contributed by atoms with Gasteiger partial charge in [0.1, 0.15) is 5.75 Å². The smallest absolute Gasteiger partial charge is 0.306 e. The van der Waals surface area contributed by atoms with E-state index in [4.69, 9.17) is 9.47 Å². The normalized spacial score (nSPS) is 22.0. The van der Waals surface area contributed by atoms with Gasteiger partial charge in [-0.1, -0.05) is 12.1 Å². The van der Waals surface area contributed by atoms with E-state index in [1.165, 1.54) is 5.56 Å². The Hall–Kier alpha value is -1.51. The van der Waals surface area contributed by atoms with Crippen molar-refractivity contribution in [3.63, 3.8) is 0 Å². The molecule has 0 aliphatic heterocycles. The Morgan fingerprint density at radius 1 is 1.35 bits per heavy atom. The maximum absolute atomic E-state index is 11.3. The van der Waals surface area contributed by atoms with Crippen molar-refractivity contribution in [2.75, 3.05) is 13.7 Å². The van der Waals surface area contributed by atoms with Crippen molar-refractivity contribution < 1.29 is 14.3 Å². The molecule has 3 heteroatoms. The minimum atomic E-state index is -0.0755. The summed E-state index contributed by atoms with van der Waals surface area (Å²) >= 11 is 0. The van der Waals surface area contributed by atoms with Crippen LogP contribution in [0.5, 0.6) is 5.75 Å². The van der Waals surface area contributed by atoms with Crippen LogP contribution in [-0.2, 0) is 9.53 Å². The molecule has 1 fully saturated rings. The molecule has 0 heterocycles. The van der Waals surface area contributed by atoms with Crippen LogP contribution in [0.15, 0.2) is 24.3 Å². The highest BCUT2D eigenvalue weighted by Gasteiger charge is 2.39. The summed E-state index contributed by atoms with van der Waals surface area (Å²) < 4.78 is 10.1. The fraction of sp³-hybridized carbons (Fsp3) is 0.500. The monoisotopic (exact) mass is 234 g/mol. The summed E-state index contributed by atoms with van der Waals surface area (Å²) in [7, 11) is 1.66. The number of ether oxygens (including phenoxy) is 2. The van der Waals surface area contributed by atoms with E-state index >= 15 is 0 Å². The quantitative estimate of drug-likeness (QED) is 0.735. The molecule has 2 rings (SSSR count). The molecule has 1 aromatic rings. The highest BCUT2D eigenvalue weighted by molar-refractivity contribution is 5.70. The third-order valence-electron chi connectivity index (χ3n) is 3.20. The molecular formula is C14H18O3. The van der Waals surface area contributed by atoms with Gasteiger partial charge >= 0.3 is 5.97 Å². The molecule has 0 radical (unpaired) electrons. The van der Waals surface area contributed by atoms with E-state index in [-0.39, 0.29) is 5.97 Å². The third-order valence-corrected chi connectivity index (χ3v) is 3.20.